The number of carbonyl (C=O) groups is 2. The molecule has 0 aromatic heterocycles. The predicted molar refractivity (Wildman–Crippen MR) is 98.1 cm³/mol. The van der Waals surface area contributed by atoms with Crippen molar-refractivity contribution in [2.24, 2.45) is 10.1 Å². The van der Waals surface area contributed by atoms with E-state index >= 15 is 0 Å². The summed E-state index contributed by atoms with van der Waals surface area (Å²) in [6.07, 6.45) is 2.73. The maximum absolute atomic E-state index is 12.2. The fourth-order valence-electron chi connectivity index (χ4n) is 2.67. The normalized spacial score (nSPS) is 22.7. The van der Waals surface area contributed by atoms with E-state index in [1.807, 2.05) is 24.3 Å². The molecule has 25 heavy (non-hydrogen) atoms. The van der Waals surface area contributed by atoms with Crippen molar-refractivity contribution in [3.63, 3.8) is 0 Å². The molecule has 2 unspecified atom stereocenters. The number of urea groups is 1. The van der Waals surface area contributed by atoms with Crippen molar-refractivity contribution in [3.8, 4) is 0 Å². The lowest BCUT2D eigenvalue weighted by atomic mass is 10.1. The molecule has 0 radical (unpaired) electrons. The van der Waals surface area contributed by atoms with Gasteiger partial charge in [-0.1, -0.05) is 34.1 Å². The summed E-state index contributed by atoms with van der Waals surface area (Å²) in [4.78, 5) is 31.6. The molecular weight excluding hydrogens is 388 g/mol. The Morgan fingerprint density at radius 3 is 2.80 bits per heavy atom. The maximum atomic E-state index is 12.2. The number of nitrogens with one attached hydrogen (secondary N) is 2. The predicted octanol–water partition coefficient (Wildman–Crippen LogP) is 1.11. The number of halogens is 1. The average molecular weight is 405 g/mol. The number of nitrogens with zero attached hydrogens (tertiary/aromatic N) is 4. The lowest BCUT2D eigenvalue weighted by molar-refractivity contribution is -0.126. The van der Waals surface area contributed by atoms with Crippen LogP contribution in [0.25, 0.3) is 0 Å². The molecule has 3 rings (SSSR count). The monoisotopic (exact) mass is 404 g/mol. The third-order valence-corrected chi connectivity index (χ3v) is 4.46. The molecule has 2 atom stereocenters. The number of hydrogen-bond donors (Lipinski definition) is 2. The molecule has 1 saturated heterocycles. The number of benzene rings is 1. The molecule has 0 bridgehead atoms. The Hall–Kier alpha value is -2.68. The van der Waals surface area contributed by atoms with Gasteiger partial charge in [0.2, 0.25) is 5.96 Å². The summed E-state index contributed by atoms with van der Waals surface area (Å²) in [5, 5.41) is 6.51. The fourth-order valence-corrected chi connectivity index (χ4v) is 2.94. The SMILES string of the molecule is C=CCN1C(N/N=C\c2ccc(Br)cc2)=NC2C1C(=O)NC(=O)N2C. The standard InChI is InChI=1S/C16H17BrN6O2/c1-3-8-23-12-13(22(2)16(25)20-14(12)24)19-15(23)21-18-9-10-4-6-11(17)7-5-10/h3-7,9,12-13H,1,8H2,2H3,(H,19,21)(H,20,24,25)/b18-9-. The zero-order chi connectivity index (χ0) is 18.0. The molecule has 1 fully saturated rings. The van der Waals surface area contributed by atoms with Gasteiger partial charge < -0.3 is 9.80 Å². The quantitative estimate of drug-likeness (QED) is 0.446. The van der Waals surface area contributed by atoms with Gasteiger partial charge in [0, 0.05) is 18.1 Å². The summed E-state index contributed by atoms with van der Waals surface area (Å²) >= 11 is 3.38. The van der Waals surface area contributed by atoms with E-state index in [1.54, 1.807) is 24.2 Å². The Morgan fingerprint density at radius 1 is 1.40 bits per heavy atom. The largest absolute Gasteiger partial charge is 0.325 e. The van der Waals surface area contributed by atoms with Crippen molar-refractivity contribution < 1.29 is 9.59 Å². The lowest BCUT2D eigenvalue weighted by Gasteiger charge is -2.35. The molecule has 130 valence electrons. The second-order valence-corrected chi connectivity index (χ2v) is 6.49. The van der Waals surface area contributed by atoms with Crippen molar-refractivity contribution >= 4 is 40.0 Å². The summed E-state index contributed by atoms with van der Waals surface area (Å²) in [6.45, 7) is 4.11. The van der Waals surface area contributed by atoms with E-state index < -0.39 is 18.2 Å². The van der Waals surface area contributed by atoms with Gasteiger partial charge in [-0.25, -0.2) is 15.2 Å². The highest BCUT2D eigenvalue weighted by molar-refractivity contribution is 9.10. The maximum Gasteiger partial charge on any atom is 0.325 e. The average Bonchev–Trinajstić information content (AvgIpc) is 2.94. The minimum absolute atomic E-state index is 0.382. The van der Waals surface area contributed by atoms with Gasteiger partial charge in [0.1, 0.15) is 0 Å². The van der Waals surface area contributed by atoms with E-state index in [0.717, 1.165) is 10.0 Å². The van der Waals surface area contributed by atoms with Crippen LogP contribution in [0, 0.1) is 0 Å². The van der Waals surface area contributed by atoms with Crippen LogP contribution in [0.15, 0.2) is 51.5 Å². The molecule has 2 aliphatic rings. The number of amides is 3. The number of likely N-dealkylation sites (N-methyl/N-ethyl adjacent to an activating group) is 1. The molecule has 1 aromatic carbocycles. The van der Waals surface area contributed by atoms with Crippen molar-refractivity contribution in [2.75, 3.05) is 13.6 Å². The van der Waals surface area contributed by atoms with E-state index in [2.05, 4.69) is 43.3 Å². The Labute approximate surface area is 153 Å². The molecular formula is C16H17BrN6O2. The van der Waals surface area contributed by atoms with E-state index in [1.165, 1.54) is 4.90 Å². The van der Waals surface area contributed by atoms with Crippen LogP contribution in [0.4, 0.5) is 4.79 Å². The molecule has 2 N–H and O–H groups in total. The number of rotatable bonds is 4. The molecule has 0 aliphatic carbocycles. The zero-order valence-electron chi connectivity index (χ0n) is 13.5. The van der Waals surface area contributed by atoms with E-state index in [0.29, 0.717) is 12.5 Å². The number of hydrogen-bond acceptors (Lipinski definition) is 6. The van der Waals surface area contributed by atoms with E-state index in [9.17, 15) is 9.59 Å². The van der Waals surface area contributed by atoms with Gasteiger partial charge >= 0.3 is 6.03 Å². The summed E-state index contributed by atoms with van der Waals surface area (Å²) < 4.78 is 0.984. The number of imide groups is 1. The molecule has 0 spiro atoms. The third kappa shape index (κ3) is 3.41. The fraction of sp³-hybridized carbons (Fsp3) is 0.250. The Morgan fingerprint density at radius 2 is 2.12 bits per heavy atom. The van der Waals surface area contributed by atoms with Gasteiger partial charge in [-0.05, 0) is 17.7 Å². The van der Waals surface area contributed by atoms with Crippen molar-refractivity contribution in [1.82, 2.24) is 20.5 Å². The topological polar surface area (TPSA) is 89.4 Å². The van der Waals surface area contributed by atoms with Crippen molar-refractivity contribution in [3.05, 3.63) is 47.0 Å². The first-order valence-electron chi connectivity index (χ1n) is 7.59. The van der Waals surface area contributed by atoms with E-state index in [-0.39, 0.29) is 5.91 Å². The number of aliphatic imine (C=N–C) groups is 1. The van der Waals surface area contributed by atoms with Crippen molar-refractivity contribution in [1.29, 1.82) is 0 Å². The van der Waals surface area contributed by atoms with Crippen LogP contribution in [0.3, 0.4) is 0 Å². The first-order valence-corrected chi connectivity index (χ1v) is 8.38. The molecule has 2 heterocycles. The van der Waals surface area contributed by atoms with E-state index in [4.69, 9.17) is 0 Å². The van der Waals surface area contributed by atoms with Gasteiger partial charge in [-0.15, -0.1) is 6.58 Å². The van der Waals surface area contributed by atoms with Gasteiger partial charge in [0.05, 0.1) is 6.21 Å². The minimum Gasteiger partial charge on any atom is -0.322 e. The first kappa shape index (κ1) is 17.2. The second-order valence-electron chi connectivity index (χ2n) is 5.58. The third-order valence-electron chi connectivity index (χ3n) is 3.93. The summed E-state index contributed by atoms with van der Waals surface area (Å²) in [5.74, 6) is 0.0346. The van der Waals surface area contributed by atoms with Crippen molar-refractivity contribution in [2.45, 2.75) is 12.2 Å². The summed E-state index contributed by atoms with van der Waals surface area (Å²) in [5.41, 5.74) is 3.77. The highest BCUT2D eigenvalue weighted by Gasteiger charge is 2.48. The van der Waals surface area contributed by atoms with Crippen LogP contribution in [0.2, 0.25) is 0 Å². The number of hydrazone groups is 1. The number of guanidine groups is 1. The van der Waals surface area contributed by atoms with Crippen LogP contribution >= 0.6 is 15.9 Å². The summed E-state index contributed by atoms with van der Waals surface area (Å²) in [6, 6.07) is 6.58. The van der Waals surface area contributed by atoms with Gasteiger partial charge in [-0.2, -0.15) is 5.10 Å². The Kier molecular flexibility index (Phi) is 4.84. The molecule has 2 aliphatic heterocycles. The number of fused-ring (bicyclic) bond motifs is 1. The molecule has 3 amide bonds. The Balaban J connectivity index is 1.78. The highest BCUT2D eigenvalue weighted by Crippen LogP contribution is 2.23. The van der Waals surface area contributed by atoms with Crippen LogP contribution in [-0.2, 0) is 4.79 Å². The zero-order valence-corrected chi connectivity index (χ0v) is 15.1. The van der Waals surface area contributed by atoms with Gasteiger partial charge in [0.25, 0.3) is 5.91 Å². The van der Waals surface area contributed by atoms with Gasteiger partial charge in [-0.3, -0.25) is 10.1 Å². The smallest absolute Gasteiger partial charge is 0.322 e. The molecule has 8 nitrogen and oxygen atoms in total. The van der Waals surface area contributed by atoms with Crippen LogP contribution in [0.5, 0.6) is 0 Å². The minimum atomic E-state index is -0.605. The lowest BCUT2D eigenvalue weighted by Crippen LogP contribution is -2.64. The number of carbonyl (C=O) groups excluding carboxylic acids is 2. The Bertz CT molecular complexity index is 760. The molecule has 1 aromatic rings. The van der Waals surface area contributed by atoms with Gasteiger partial charge in [0.15, 0.2) is 12.2 Å². The van der Waals surface area contributed by atoms with Crippen LogP contribution < -0.4 is 10.7 Å². The highest BCUT2D eigenvalue weighted by atomic mass is 79.9. The van der Waals surface area contributed by atoms with Crippen LogP contribution in [0.1, 0.15) is 5.56 Å². The molecule has 9 heteroatoms. The summed E-state index contributed by atoms with van der Waals surface area (Å²) in [7, 11) is 1.60. The second kappa shape index (κ2) is 7.06. The molecule has 0 saturated carbocycles. The van der Waals surface area contributed by atoms with Crippen LogP contribution in [-0.4, -0.2) is 59.7 Å². The first-order chi connectivity index (χ1) is 12.0.